The normalized spacial score (nSPS) is 11.5. The van der Waals surface area contributed by atoms with E-state index in [1.54, 1.807) is 11.6 Å². The summed E-state index contributed by atoms with van der Waals surface area (Å²) in [6.45, 7) is 3.45. The number of hydrogen-bond donors (Lipinski definition) is 1. The van der Waals surface area contributed by atoms with Crippen LogP contribution in [0.1, 0.15) is 0 Å². The van der Waals surface area contributed by atoms with E-state index in [2.05, 4.69) is 21.5 Å². The van der Waals surface area contributed by atoms with Crippen LogP contribution < -0.4 is 11.4 Å². The maximum atomic E-state index is 5.47. The third-order valence-electron chi connectivity index (χ3n) is 1.21. The minimum atomic E-state index is 0.376. The molecule has 5 nitrogen and oxygen atoms in total. The Morgan fingerprint density at radius 3 is 3.09 bits per heavy atom. The molecule has 0 aliphatic carbocycles. The number of nitrogen functional groups attached to an aromatic ring is 1. The molecule has 1 aromatic rings. The number of aromatic nitrogens is 3. The van der Waals surface area contributed by atoms with Gasteiger partial charge < -0.3 is 5.73 Å². The Bertz CT molecular complexity index is 324. The summed E-state index contributed by atoms with van der Waals surface area (Å²) in [5.41, 5.74) is 5.96. The van der Waals surface area contributed by atoms with E-state index in [9.17, 15) is 0 Å². The molecule has 0 aromatic carbocycles. The zero-order valence-electron chi connectivity index (χ0n) is 6.23. The van der Waals surface area contributed by atoms with Crippen LogP contribution in [-0.4, -0.2) is 14.5 Å². The molecule has 1 rings (SSSR count). The first-order valence-corrected chi connectivity index (χ1v) is 3.04. The predicted molar refractivity (Wildman–Crippen MR) is 41.2 cm³/mol. The van der Waals surface area contributed by atoms with E-state index < -0.39 is 0 Å². The van der Waals surface area contributed by atoms with Crippen LogP contribution in [0.15, 0.2) is 24.1 Å². The SMILES string of the molecule is C=CN=c1ncnc(N)n1C. The van der Waals surface area contributed by atoms with E-state index in [0.29, 0.717) is 11.6 Å². The van der Waals surface area contributed by atoms with Crippen molar-refractivity contribution in [3.8, 4) is 0 Å². The average Bonchev–Trinajstić information content (AvgIpc) is 1.99. The Balaban J connectivity index is 3.39. The lowest BCUT2D eigenvalue weighted by Gasteiger charge is -1.99. The third-order valence-corrected chi connectivity index (χ3v) is 1.21. The fraction of sp³-hybridized carbons (Fsp3) is 0.167. The van der Waals surface area contributed by atoms with Gasteiger partial charge in [-0.2, -0.15) is 0 Å². The highest BCUT2D eigenvalue weighted by atomic mass is 15.2. The van der Waals surface area contributed by atoms with E-state index in [1.165, 1.54) is 12.5 Å². The van der Waals surface area contributed by atoms with Gasteiger partial charge in [0, 0.05) is 13.2 Å². The molecule has 1 aromatic heterocycles. The standard InChI is InChI=1S/C6H9N5/c1-3-8-6-10-4-9-5(7)11(6)2/h3-4H,1H2,2H3,(H2,7,8,9,10). The predicted octanol–water partition coefficient (Wildman–Crippen LogP) is -0.559. The van der Waals surface area contributed by atoms with Crippen molar-refractivity contribution < 1.29 is 0 Å². The van der Waals surface area contributed by atoms with Gasteiger partial charge in [0.05, 0.1) is 0 Å². The van der Waals surface area contributed by atoms with Crippen LogP contribution in [0.2, 0.25) is 0 Å². The molecular formula is C6H9N5. The molecule has 2 N–H and O–H groups in total. The topological polar surface area (TPSA) is 69.1 Å². The fourth-order valence-electron chi connectivity index (χ4n) is 0.617. The van der Waals surface area contributed by atoms with Crippen LogP contribution in [0.25, 0.3) is 0 Å². The van der Waals surface area contributed by atoms with Crippen molar-refractivity contribution in [3.05, 3.63) is 24.7 Å². The summed E-state index contributed by atoms with van der Waals surface area (Å²) in [5, 5.41) is 0. The van der Waals surface area contributed by atoms with Crippen molar-refractivity contribution in [2.75, 3.05) is 5.73 Å². The molecule has 0 radical (unpaired) electrons. The van der Waals surface area contributed by atoms with Crippen molar-refractivity contribution >= 4 is 5.95 Å². The summed E-state index contributed by atoms with van der Waals surface area (Å²) in [5.74, 6) is 0.376. The van der Waals surface area contributed by atoms with Crippen LogP contribution in [0, 0.1) is 0 Å². The zero-order chi connectivity index (χ0) is 8.27. The van der Waals surface area contributed by atoms with Crippen molar-refractivity contribution in [3.63, 3.8) is 0 Å². The van der Waals surface area contributed by atoms with Gasteiger partial charge in [-0.05, 0) is 0 Å². The molecule has 0 bridgehead atoms. The average molecular weight is 151 g/mol. The van der Waals surface area contributed by atoms with Crippen LogP contribution in [-0.2, 0) is 7.05 Å². The largest absolute Gasteiger partial charge is 0.369 e. The molecule has 58 valence electrons. The smallest absolute Gasteiger partial charge is 0.233 e. The number of rotatable bonds is 1. The van der Waals surface area contributed by atoms with E-state index in [1.807, 2.05) is 0 Å². The minimum Gasteiger partial charge on any atom is -0.369 e. The molecule has 5 heteroatoms. The lowest BCUT2D eigenvalue weighted by atomic mass is 10.8. The Labute approximate surface area is 63.9 Å². The van der Waals surface area contributed by atoms with E-state index in [-0.39, 0.29) is 0 Å². The Morgan fingerprint density at radius 2 is 2.45 bits per heavy atom. The first kappa shape index (κ1) is 7.46. The zero-order valence-corrected chi connectivity index (χ0v) is 6.23. The van der Waals surface area contributed by atoms with Crippen LogP contribution in [0.4, 0.5) is 5.95 Å². The van der Waals surface area contributed by atoms with Gasteiger partial charge in [0.25, 0.3) is 0 Å². The highest BCUT2D eigenvalue weighted by Crippen LogP contribution is 1.83. The van der Waals surface area contributed by atoms with E-state index in [4.69, 9.17) is 5.73 Å². The fourth-order valence-corrected chi connectivity index (χ4v) is 0.617. The Hall–Kier alpha value is -1.65. The Morgan fingerprint density at radius 1 is 1.73 bits per heavy atom. The second kappa shape index (κ2) is 2.96. The monoisotopic (exact) mass is 151 g/mol. The molecule has 0 amide bonds. The highest BCUT2D eigenvalue weighted by Gasteiger charge is 1.91. The van der Waals surface area contributed by atoms with Gasteiger partial charge in [-0.25, -0.2) is 15.0 Å². The molecule has 1 heterocycles. The second-order valence-electron chi connectivity index (χ2n) is 1.90. The third kappa shape index (κ3) is 1.43. The molecule has 0 spiro atoms. The van der Waals surface area contributed by atoms with Gasteiger partial charge in [0.15, 0.2) is 0 Å². The maximum absolute atomic E-state index is 5.47. The summed E-state index contributed by atoms with van der Waals surface area (Å²) >= 11 is 0. The highest BCUT2D eigenvalue weighted by molar-refractivity contribution is 5.12. The van der Waals surface area contributed by atoms with Gasteiger partial charge in [0.2, 0.25) is 11.6 Å². The van der Waals surface area contributed by atoms with Gasteiger partial charge in [-0.3, -0.25) is 4.57 Å². The van der Waals surface area contributed by atoms with Gasteiger partial charge in [0.1, 0.15) is 6.33 Å². The molecule has 0 unspecified atom stereocenters. The summed E-state index contributed by atoms with van der Waals surface area (Å²) in [6, 6.07) is 0. The summed E-state index contributed by atoms with van der Waals surface area (Å²) in [7, 11) is 1.73. The van der Waals surface area contributed by atoms with E-state index in [0.717, 1.165) is 0 Å². The maximum Gasteiger partial charge on any atom is 0.233 e. The molecule has 0 aliphatic rings. The molecular weight excluding hydrogens is 142 g/mol. The number of nitrogens with two attached hydrogens (primary N) is 1. The first-order valence-electron chi connectivity index (χ1n) is 3.04. The van der Waals surface area contributed by atoms with Crippen molar-refractivity contribution in [1.29, 1.82) is 0 Å². The van der Waals surface area contributed by atoms with Crippen molar-refractivity contribution in [2.45, 2.75) is 0 Å². The summed E-state index contributed by atoms with van der Waals surface area (Å²) in [4.78, 5) is 11.5. The van der Waals surface area contributed by atoms with Crippen molar-refractivity contribution in [2.24, 2.45) is 12.0 Å². The molecule has 0 saturated heterocycles. The first-order chi connectivity index (χ1) is 5.25. The van der Waals surface area contributed by atoms with Crippen molar-refractivity contribution in [1.82, 2.24) is 14.5 Å². The quantitative estimate of drug-likeness (QED) is 0.585. The number of nitrogens with zero attached hydrogens (tertiary/aromatic N) is 4. The molecule has 0 atom stereocenters. The van der Waals surface area contributed by atoms with Gasteiger partial charge in [-0.15, -0.1) is 0 Å². The van der Waals surface area contributed by atoms with Crippen LogP contribution in [0.5, 0.6) is 0 Å². The van der Waals surface area contributed by atoms with Gasteiger partial charge >= 0.3 is 0 Å². The molecule has 0 saturated carbocycles. The molecule has 0 fully saturated rings. The molecule has 0 aliphatic heterocycles. The molecule has 11 heavy (non-hydrogen) atoms. The number of hydrogen-bond acceptors (Lipinski definition) is 4. The summed E-state index contributed by atoms with van der Waals surface area (Å²) < 4.78 is 1.57. The minimum absolute atomic E-state index is 0.376. The van der Waals surface area contributed by atoms with Crippen LogP contribution in [0.3, 0.4) is 0 Å². The van der Waals surface area contributed by atoms with Crippen LogP contribution >= 0.6 is 0 Å². The van der Waals surface area contributed by atoms with E-state index >= 15 is 0 Å². The second-order valence-corrected chi connectivity index (χ2v) is 1.90. The lowest BCUT2D eigenvalue weighted by molar-refractivity contribution is 0.761. The Kier molecular flexibility index (Phi) is 2.00. The lowest BCUT2D eigenvalue weighted by Crippen LogP contribution is -2.24. The summed E-state index contributed by atoms with van der Waals surface area (Å²) in [6.07, 6.45) is 2.76. The number of anilines is 1. The van der Waals surface area contributed by atoms with Gasteiger partial charge in [-0.1, -0.05) is 6.58 Å².